The number of thioether (sulfide) groups is 1. The molecule has 1 aromatic rings. The van der Waals surface area contributed by atoms with Crippen LogP contribution in [0.15, 0.2) is 21.1 Å². The minimum absolute atomic E-state index is 0.736. The Morgan fingerprint density at radius 2 is 2.00 bits per heavy atom. The van der Waals surface area contributed by atoms with E-state index in [9.17, 15) is 0 Å². The van der Waals surface area contributed by atoms with Gasteiger partial charge in [-0.1, -0.05) is 6.92 Å². The Hall–Kier alpha value is 0.290. The summed E-state index contributed by atoms with van der Waals surface area (Å²) in [5, 5.41) is 3.52. The van der Waals surface area contributed by atoms with Gasteiger partial charge in [0.25, 0.3) is 0 Å². The average Bonchev–Trinajstić information content (AvgIpc) is 3.18. The molecule has 1 fully saturated rings. The van der Waals surface area contributed by atoms with E-state index < -0.39 is 0 Å². The molecule has 1 aliphatic rings. The highest BCUT2D eigenvalue weighted by Crippen LogP contribution is 2.35. The first-order valence-electron chi connectivity index (χ1n) is 6.62. The topological polar surface area (TPSA) is 21.3 Å². The van der Waals surface area contributed by atoms with Crippen molar-refractivity contribution in [2.45, 2.75) is 32.4 Å². The number of ether oxygens (including phenoxy) is 1. The summed E-state index contributed by atoms with van der Waals surface area (Å²) in [5.41, 5.74) is 1.28. The molecule has 1 aromatic carbocycles. The Kier molecular flexibility index (Phi) is 6.53. The van der Waals surface area contributed by atoms with Crippen LogP contribution in [0.1, 0.15) is 25.3 Å². The molecule has 2 nitrogen and oxygen atoms in total. The van der Waals surface area contributed by atoms with Gasteiger partial charge in [-0.25, -0.2) is 0 Å². The van der Waals surface area contributed by atoms with Gasteiger partial charge < -0.3 is 10.1 Å². The molecular weight excluding hydrogens is 390 g/mol. The lowest BCUT2D eigenvalue weighted by molar-refractivity contribution is 0.339. The van der Waals surface area contributed by atoms with Crippen LogP contribution in [0.5, 0.6) is 5.75 Å². The van der Waals surface area contributed by atoms with Crippen LogP contribution >= 0.6 is 43.6 Å². The molecule has 0 spiro atoms. The maximum absolute atomic E-state index is 5.83. The Balaban J connectivity index is 1.91. The Morgan fingerprint density at radius 3 is 2.58 bits per heavy atom. The highest BCUT2D eigenvalue weighted by molar-refractivity contribution is 9.11. The van der Waals surface area contributed by atoms with Crippen molar-refractivity contribution in [2.75, 3.05) is 18.1 Å². The zero-order chi connectivity index (χ0) is 13.7. The predicted octanol–water partition coefficient (Wildman–Crippen LogP) is 4.60. The van der Waals surface area contributed by atoms with Crippen molar-refractivity contribution < 1.29 is 4.74 Å². The molecule has 0 heterocycles. The van der Waals surface area contributed by atoms with Gasteiger partial charge >= 0.3 is 0 Å². The Labute approximate surface area is 136 Å². The molecule has 1 saturated carbocycles. The molecule has 0 atom stereocenters. The molecule has 5 heteroatoms. The van der Waals surface area contributed by atoms with E-state index in [0.29, 0.717) is 0 Å². The highest BCUT2D eigenvalue weighted by Gasteiger charge is 2.20. The van der Waals surface area contributed by atoms with Crippen LogP contribution in [0.3, 0.4) is 0 Å². The van der Waals surface area contributed by atoms with Crippen molar-refractivity contribution >= 4 is 43.6 Å². The molecule has 106 valence electrons. The molecule has 0 bridgehead atoms. The summed E-state index contributed by atoms with van der Waals surface area (Å²) in [5.74, 6) is 3.07. The Morgan fingerprint density at radius 1 is 1.32 bits per heavy atom. The van der Waals surface area contributed by atoms with E-state index in [-0.39, 0.29) is 0 Å². The van der Waals surface area contributed by atoms with Crippen LogP contribution in [0, 0.1) is 0 Å². The minimum Gasteiger partial charge on any atom is -0.490 e. The maximum Gasteiger partial charge on any atom is 0.147 e. The summed E-state index contributed by atoms with van der Waals surface area (Å²) in [6, 6.07) is 5.02. The second-order valence-corrected chi connectivity index (χ2v) is 7.69. The third-order valence-electron chi connectivity index (χ3n) is 2.91. The fourth-order valence-electron chi connectivity index (χ4n) is 1.75. The lowest BCUT2D eigenvalue weighted by atomic mass is 10.2. The molecule has 0 aliphatic heterocycles. The second-order valence-electron chi connectivity index (χ2n) is 4.59. The normalized spacial score (nSPS) is 14.7. The third-order valence-corrected chi connectivity index (χ3v) is 4.95. The summed E-state index contributed by atoms with van der Waals surface area (Å²) < 4.78 is 7.88. The molecule has 19 heavy (non-hydrogen) atoms. The molecule has 0 saturated heterocycles. The molecule has 2 rings (SSSR count). The molecule has 0 radical (unpaired) electrons. The largest absolute Gasteiger partial charge is 0.490 e. The van der Waals surface area contributed by atoms with Gasteiger partial charge in [-0.05, 0) is 68.2 Å². The third kappa shape index (κ3) is 5.29. The van der Waals surface area contributed by atoms with Crippen LogP contribution in [-0.4, -0.2) is 24.2 Å². The van der Waals surface area contributed by atoms with Crippen LogP contribution in [0.25, 0.3) is 0 Å². The number of hydrogen-bond acceptors (Lipinski definition) is 3. The van der Waals surface area contributed by atoms with Crippen molar-refractivity contribution in [1.29, 1.82) is 0 Å². The van der Waals surface area contributed by atoms with Gasteiger partial charge in [0.05, 0.1) is 15.6 Å². The summed E-state index contributed by atoms with van der Waals surface area (Å²) in [7, 11) is 0. The van der Waals surface area contributed by atoms with E-state index in [1.54, 1.807) is 0 Å². The molecule has 0 aromatic heterocycles. The zero-order valence-electron chi connectivity index (χ0n) is 11.0. The fraction of sp³-hybridized carbons (Fsp3) is 0.571. The van der Waals surface area contributed by atoms with E-state index in [2.05, 4.69) is 56.2 Å². The molecule has 0 unspecified atom stereocenters. The quantitative estimate of drug-likeness (QED) is 0.635. The van der Waals surface area contributed by atoms with Gasteiger partial charge in [0.15, 0.2) is 0 Å². The standard InChI is InChI=1S/C14H19Br2NOS/c1-2-19-6-5-18-14-12(15)7-10(8-13(14)16)9-17-11-3-4-11/h7-8,11,17H,2-6,9H2,1H3. The van der Waals surface area contributed by atoms with Gasteiger partial charge in [-0.2, -0.15) is 11.8 Å². The van der Waals surface area contributed by atoms with Crippen LogP contribution in [-0.2, 0) is 6.54 Å². The van der Waals surface area contributed by atoms with Crippen molar-refractivity contribution in [1.82, 2.24) is 5.32 Å². The monoisotopic (exact) mass is 407 g/mol. The smallest absolute Gasteiger partial charge is 0.147 e. The van der Waals surface area contributed by atoms with E-state index >= 15 is 0 Å². The first-order chi connectivity index (χ1) is 9.20. The van der Waals surface area contributed by atoms with E-state index in [0.717, 1.165) is 45.4 Å². The van der Waals surface area contributed by atoms with Gasteiger partial charge in [0, 0.05) is 18.3 Å². The maximum atomic E-state index is 5.83. The number of nitrogens with one attached hydrogen (secondary N) is 1. The SMILES string of the molecule is CCSCCOc1c(Br)cc(CNC2CC2)cc1Br. The molecule has 0 amide bonds. The van der Waals surface area contributed by atoms with E-state index in [1.165, 1.54) is 18.4 Å². The van der Waals surface area contributed by atoms with Gasteiger partial charge in [0.2, 0.25) is 0 Å². The van der Waals surface area contributed by atoms with Crippen LogP contribution < -0.4 is 10.1 Å². The minimum atomic E-state index is 0.736. The van der Waals surface area contributed by atoms with Gasteiger partial charge in [-0.3, -0.25) is 0 Å². The van der Waals surface area contributed by atoms with Crippen LogP contribution in [0.4, 0.5) is 0 Å². The zero-order valence-corrected chi connectivity index (χ0v) is 15.0. The average molecular weight is 409 g/mol. The summed E-state index contributed by atoms with van der Waals surface area (Å²) in [6.45, 7) is 3.83. The number of benzene rings is 1. The molecule has 1 aliphatic carbocycles. The number of rotatable bonds is 8. The fourth-order valence-corrected chi connectivity index (χ4v) is 3.75. The van der Waals surface area contributed by atoms with Crippen molar-refractivity contribution in [3.8, 4) is 5.75 Å². The summed E-state index contributed by atoms with van der Waals surface area (Å²) >= 11 is 9.10. The van der Waals surface area contributed by atoms with E-state index in [1.807, 2.05) is 11.8 Å². The summed E-state index contributed by atoms with van der Waals surface area (Å²) in [6.07, 6.45) is 2.64. The van der Waals surface area contributed by atoms with Crippen molar-refractivity contribution in [3.05, 3.63) is 26.6 Å². The predicted molar refractivity (Wildman–Crippen MR) is 90.2 cm³/mol. The lowest BCUT2D eigenvalue weighted by Gasteiger charge is -2.12. The molecule has 1 N–H and O–H groups in total. The first-order valence-corrected chi connectivity index (χ1v) is 9.36. The second kappa shape index (κ2) is 7.91. The first kappa shape index (κ1) is 15.7. The van der Waals surface area contributed by atoms with Crippen molar-refractivity contribution in [2.24, 2.45) is 0 Å². The molecular formula is C14H19Br2NOS. The van der Waals surface area contributed by atoms with Gasteiger partial charge in [0.1, 0.15) is 5.75 Å². The lowest BCUT2D eigenvalue weighted by Crippen LogP contribution is -2.15. The van der Waals surface area contributed by atoms with Crippen molar-refractivity contribution in [3.63, 3.8) is 0 Å². The van der Waals surface area contributed by atoms with E-state index in [4.69, 9.17) is 4.74 Å². The highest BCUT2D eigenvalue weighted by atomic mass is 79.9. The number of hydrogen-bond donors (Lipinski definition) is 1. The Bertz CT molecular complexity index is 401. The summed E-state index contributed by atoms with van der Waals surface area (Å²) in [4.78, 5) is 0. The number of halogens is 2. The van der Waals surface area contributed by atoms with Gasteiger partial charge in [-0.15, -0.1) is 0 Å². The van der Waals surface area contributed by atoms with Crippen LogP contribution in [0.2, 0.25) is 0 Å².